The van der Waals surface area contributed by atoms with Crippen LogP contribution in [0.5, 0.6) is 5.75 Å². The number of aromatic nitrogens is 6. The van der Waals surface area contributed by atoms with Crippen molar-refractivity contribution < 1.29 is 4.74 Å². The summed E-state index contributed by atoms with van der Waals surface area (Å²) in [6.07, 6.45) is 6.09. The summed E-state index contributed by atoms with van der Waals surface area (Å²) in [5.74, 6) is 1.61. The van der Waals surface area contributed by atoms with Gasteiger partial charge >= 0.3 is 0 Å². The van der Waals surface area contributed by atoms with E-state index in [1.165, 1.54) is 11.3 Å². The Morgan fingerprint density at radius 2 is 1.83 bits per heavy atom. The van der Waals surface area contributed by atoms with Gasteiger partial charge in [0.05, 0.1) is 19.0 Å². The normalized spacial score (nSPS) is 11.4. The highest BCUT2D eigenvalue weighted by Crippen LogP contribution is 2.27. The molecule has 0 aliphatic rings. The number of hydrogen-bond donors (Lipinski definition) is 0. The number of methoxy groups -OCH3 is 1. The Labute approximate surface area is 174 Å². The van der Waals surface area contributed by atoms with Gasteiger partial charge in [0.25, 0.3) is 0 Å². The van der Waals surface area contributed by atoms with E-state index in [1.54, 1.807) is 24.1 Å². The van der Waals surface area contributed by atoms with Crippen molar-refractivity contribution in [1.82, 2.24) is 29.1 Å². The fraction of sp³-hybridized carbons (Fsp3) is 0.217. The van der Waals surface area contributed by atoms with Gasteiger partial charge in [-0.1, -0.05) is 18.2 Å². The van der Waals surface area contributed by atoms with E-state index in [0.717, 1.165) is 45.9 Å². The van der Waals surface area contributed by atoms with Crippen molar-refractivity contribution >= 4 is 16.7 Å². The van der Waals surface area contributed by atoms with Crippen LogP contribution < -0.4 is 4.74 Å². The second-order valence-electron chi connectivity index (χ2n) is 7.42. The highest BCUT2D eigenvalue weighted by molar-refractivity contribution is 5.93. The van der Waals surface area contributed by atoms with Gasteiger partial charge in [0.1, 0.15) is 17.7 Å². The molecule has 0 aliphatic heterocycles. The van der Waals surface area contributed by atoms with Gasteiger partial charge in [0.15, 0.2) is 11.5 Å². The quantitative estimate of drug-likeness (QED) is 0.451. The number of hydrogen-bond acceptors (Lipinski definition) is 5. The van der Waals surface area contributed by atoms with Gasteiger partial charge in [-0.05, 0) is 48.7 Å². The Hall–Kier alpha value is -3.74. The standard InChI is InChI=1S/C23H22N6O/c1-15-16(2)28(13-18-5-4-10-24-12-18)22-21(15)23-26-20(27-29(23)14-25-22)11-17-6-8-19(30-3)9-7-17/h4-10,12,14H,11,13H2,1-3H3. The van der Waals surface area contributed by atoms with Crippen molar-refractivity contribution in [3.8, 4) is 5.75 Å². The van der Waals surface area contributed by atoms with E-state index in [-0.39, 0.29) is 0 Å². The SMILES string of the molecule is COc1ccc(Cc2nc3c4c(C)c(C)n(Cc5cccnc5)c4ncn3n2)cc1. The zero-order valence-corrected chi connectivity index (χ0v) is 17.2. The van der Waals surface area contributed by atoms with Crippen LogP contribution in [0.25, 0.3) is 16.7 Å². The number of fused-ring (bicyclic) bond motifs is 3. The summed E-state index contributed by atoms with van der Waals surface area (Å²) in [7, 11) is 1.67. The average Bonchev–Trinajstić information content (AvgIpc) is 3.29. The third-order valence-electron chi connectivity index (χ3n) is 5.57. The minimum absolute atomic E-state index is 0.654. The molecule has 0 aliphatic carbocycles. The Morgan fingerprint density at radius 1 is 1.00 bits per heavy atom. The van der Waals surface area contributed by atoms with E-state index in [0.29, 0.717) is 6.42 Å². The second kappa shape index (κ2) is 7.26. The molecular formula is C23H22N6O. The number of benzene rings is 1. The number of ether oxygens (including phenoxy) is 1. The van der Waals surface area contributed by atoms with Gasteiger partial charge in [-0.3, -0.25) is 4.98 Å². The molecule has 4 heterocycles. The molecule has 5 aromatic rings. The largest absolute Gasteiger partial charge is 0.497 e. The minimum Gasteiger partial charge on any atom is -0.497 e. The molecule has 0 saturated heterocycles. The topological polar surface area (TPSA) is 70.1 Å². The molecule has 0 spiro atoms. The monoisotopic (exact) mass is 398 g/mol. The number of pyridine rings is 1. The van der Waals surface area contributed by atoms with E-state index in [2.05, 4.69) is 34.6 Å². The highest BCUT2D eigenvalue weighted by atomic mass is 16.5. The zero-order chi connectivity index (χ0) is 20.7. The van der Waals surface area contributed by atoms with Gasteiger partial charge in [-0.15, -0.1) is 5.10 Å². The fourth-order valence-electron chi connectivity index (χ4n) is 3.84. The second-order valence-corrected chi connectivity index (χ2v) is 7.42. The molecule has 150 valence electrons. The predicted octanol–water partition coefficient (Wildman–Crippen LogP) is 3.74. The molecular weight excluding hydrogens is 376 g/mol. The van der Waals surface area contributed by atoms with Crippen LogP contribution >= 0.6 is 0 Å². The average molecular weight is 398 g/mol. The molecule has 0 bridgehead atoms. The number of rotatable bonds is 5. The lowest BCUT2D eigenvalue weighted by molar-refractivity contribution is 0.414. The van der Waals surface area contributed by atoms with Crippen molar-refractivity contribution in [2.45, 2.75) is 26.8 Å². The maximum atomic E-state index is 5.23. The van der Waals surface area contributed by atoms with Crippen LogP contribution in [0.4, 0.5) is 0 Å². The smallest absolute Gasteiger partial charge is 0.168 e. The molecule has 0 saturated carbocycles. The van der Waals surface area contributed by atoms with Crippen LogP contribution in [0.3, 0.4) is 0 Å². The van der Waals surface area contributed by atoms with E-state index < -0.39 is 0 Å². The van der Waals surface area contributed by atoms with Crippen LogP contribution in [0, 0.1) is 13.8 Å². The minimum atomic E-state index is 0.654. The Morgan fingerprint density at radius 3 is 2.57 bits per heavy atom. The maximum absolute atomic E-state index is 5.23. The maximum Gasteiger partial charge on any atom is 0.168 e. The van der Waals surface area contributed by atoms with Gasteiger partial charge in [0.2, 0.25) is 0 Å². The molecule has 30 heavy (non-hydrogen) atoms. The molecule has 7 heteroatoms. The first kappa shape index (κ1) is 18.3. The first-order valence-corrected chi connectivity index (χ1v) is 9.85. The predicted molar refractivity (Wildman–Crippen MR) is 115 cm³/mol. The first-order valence-electron chi connectivity index (χ1n) is 9.85. The van der Waals surface area contributed by atoms with Gasteiger partial charge in [0, 0.05) is 24.5 Å². The summed E-state index contributed by atoms with van der Waals surface area (Å²) in [5.41, 5.74) is 6.39. The molecule has 5 rings (SSSR count). The van der Waals surface area contributed by atoms with Crippen LogP contribution in [0.1, 0.15) is 28.2 Å². The number of aryl methyl sites for hydroxylation is 1. The summed E-state index contributed by atoms with van der Waals surface area (Å²) < 4.78 is 9.24. The van der Waals surface area contributed by atoms with Gasteiger partial charge < -0.3 is 9.30 Å². The summed E-state index contributed by atoms with van der Waals surface area (Å²) in [5, 5.41) is 5.71. The third-order valence-corrected chi connectivity index (χ3v) is 5.57. The highest BCUT2D eigenvalue weighted by Gasteiger charge is 2.18. The van der Waals surface area contributed by atoms with Crippen LogP contribution in [-0.4, -0.2) is 36.2 Å². The molecule has 0 atom stereocenters. The molecule has 0 N–H and O–H groups in total. The zero-order valence-electron chi connectivity index (χ0n) is 17.2. The van der Waals surface area contributed by atoms with Crippen molar-refractivity contribution in [2.24, 2.45) is 0 Å². The third kappa shape index (κ3) is 3.08. The lowest BCUT2D eigenvalue weighted by atomic mass is 10.1. The van der Waals surface area contributed by atoms with Crippen LogP contribution in [-0.2, 0) is 13.0 Å². The van der Waals surface area contributed by atoms with Crippen molar-refractivity contribution in [1.29, 1.82) is 0 Å². The van der Waals surface area contributed by atoms with Crippen LogP contribution in [0.15, 0.2) is 55.1 Å². The molecule has 1 aromatic carbocycles. The van der Waals surface area contributed by atoms with E-state index in [1.807, 2.05) is 36.5 Å². The van der Waals surface area contributed by atoms with Gasteiger partial charge in [-0.25, -0.2) is 14.5 Å². The van der Waals surface area contributed by atoms with E-state index in [9.17, 15) is 0 Å². The summed E-state index contributed by atoms with van der Waals surface area (Å²) >= 11 is 0. The summed E-state index contributed by atoms with van der Waals surface area (Å²) in [4.78, 5) is 13.8. The molecule has 0 unspecified atom stereocenters. The molecule has 7 nitrogen and oxygen atoms in total. The van der Waals surface area contributed by atoms with E-state index in [4.69, 9.17) is 14.7 Å². The van der Waals surface area contributed by atoms with Crippen LogP contribution in [0.2, 0.25) is 0 Å². The van der Waals surface area contributed by atoms with Crippen molar-refractivity contribution in [3.05, 3.63) is 83.3 Å². The Balaban J connectivity index is 1.56. The molecule has 0 radical (unpaired) electrons. The molecule has 0 amide bonds. The van der Waals surface area contributed by atoms with Crippen molar-refractivity contribution in [3.63, 3.8) is 0 Å². The first-order chi connectivity index (χ1) is 14.6. The number of nitrogens with zero attached hydrogens (tertiary/aromatic N) is 6. The Bertz CT molecular complexity index is 1340. The lowest BCUT2D eigenvalue weighted by Gasteiger charge is -2.07. The van der Waals surface area contributed by atoms with Crippen molar-refractivity contribution in [2.75, 3.05) is 7.11 Å². The lowest BCUT2D eigenvalue weighted by Crippen LogP contribution is -2.03. The Kier molecular flexibility index (Phi) is 4.43. The summed E-state index contributed by atoms with van der Waals surface area (Å²) in [6, 6.07) is 12.0. The van der Waals surface area contributed by atoms with E-state index >= 15 is 0 Å². The summed E-state index contributed by atoms with van der Waals surface area (Å²) in [6.45, 7) is 4.97. The van der Waals surface area contributed by atoms with Gasteiger partial charge in [-0.2, -0.15) is 0 Å². The molecule has 0 fully saturated rings. The molecule has 4 aromatic heterocycles. The fourth-order valence-corrected chi connectivity index (χ4v) is 3.84.